The molecule has 2 heterocycles. The van der Waals surface area contributed by atoms with Crippen molar-refractivity contribution in [3.05, 3.63) is 24.0 Å². The van der Waals surface area contributed by atoms with E-state index in [2.05, 4.69) is 36.9 Å². The van der Waals surface area contributed by atoms with Gasteiger partial charge in [-0.2, -0.15) is 0 Å². The fraction of sp³-hybridized carbons (Fsp3) is 0.500. The Kier molecular flexibility index (Phi) is 5.39. The normalized spacial score (nSPS) is 15.0. The van der Waals surface area contributed by atoms with E-state index in [0.717, 1.165) is 23.8 Å². The van der Waals surface area contributed by atoms with Crippen LogP contribution in [0.1, 0.15) is 37.4 Å². The smallest absolute Gasteiger partial charge is 0.236 e. The van der Waals surface area contributed by atoms with Crippen LogP contribution in [0, 0.1) is 0 Å². The Morgan fingerprint density at radius 2 is 2.26 bits per heavy atom. The first-order chi connectivity index (χ1) is 11.3. The number of hydrogen-bond acceptors (Lipinski definition) is 7. The molecule has 0 atom stereocenters. The molecule has 0 radical (unpaired) electrons. The van der Waals surface area contributed by atoms with Gasteiger partial charge in [0.25, 0.3) is 0 Å². The summed E-state index contributed by atoms with van der Waals surface area (Å²) in [6.45, 7) is 4.48. The van der Waals surface area contributed by atoms with Crippen LogP contribution < -0.4 is 5.32 Å². The van der Waals surface area contributed by atoms with Gasteiger partial charge in [0.15, 0.2) is 5.16 Å². The Morgan fingerprint density at radius 1 is 1.43 bits per heavy atom. The van der Waals surface area contributed by atoms with Crippen LogP contribution >= 0.6 is 23.1 Å². The summed E-state index contributed by atoms with van der Waals surface area (Å²) in [7, 11) is 0. The zero-order valence-electron chi connectivity index (χ0n) is 12.6. The standard InChI is InChI=1S/C14H18N6OS2/c1-2-7-20-12(10-5-3-4-6-10)17-19-14(20)22-8-11(21)16-13-18-15-9-23-13/h2,9-10H,1,3-8H2,(H,16,18,21). The molecule has 0 saturated heterocycles. The van der Waals surface area contributed by atoms with Crippen LogP contribution in [0.4, 0.5) is 5.13 Å². The Labute approximate surface area is 142 Å². The van der Waals surface area contributed by atoms with Gasteiger partial charge in [-0.25, -0.2) is 0 Å². The van der Waals surface area contributed by atoms with Gasteiger partial charge in [-0.3, -0.25) is 10.1 Å². The zero-order chi connectivity index (χ0) is 16.1. The molecule has 0 unspecified atom stereocenters. The van der Waals surface area contributed by atoms with E-state index in [-0.39, 0.29) is 11.7 Å². The van der Waals surface area contributed by atoms with Crippen molar-refractivity contribution in [2.24, 2.45) is 0 Å². The number of nitrogens with zero attached hydrogens (tertiary/aromatic N) is 5. The number of carbonyl (C=O) groups excluding carboxylic acids is 1. The molecule has 9 heteroatoms. The van der Waals surface area contributed by atoms with E-state index in [1.54, 1.807) is 5.51 Å². The number of nitrogens with one attached hydrogen (secondary N) is 1. The van der Waals surface area contributed by atoms with Crippen LogP contribution in [-0.2, 0) is 11.3 Å². The Bertz CT molecular complexity index is 663. The third-order valence-corrected chi connectivity index (χ3v) is 5.29. The minimum atomic E-state index is -0.123. The Morgan fingerprint density at radius 3 is 2.96 bits per heavy atom. The first kappa shape index (κ1) is 16.1. The van der Waals surface area contributed by atoms with Gasteiger partial charge in [-0.05, 0) is 12.8 Å². The summed E-state index contributed by atoms with van der Waals surface area (Å²) in [5.41, 5.74) is 1.58. The van der Waals surface area contributed by atoms with Crippen LogP contribution in [0.25, 0.3) is 0 Å². The van der Waals surface area contributed by atoms with E-state index >= 15 is 0 Å². The SMILES string of the molecule is C=CCn1c(SCC(=O)Nc2nncs2)nnc1C1CCCC1. The molecule has 0 bridgehead atoms. The lowest BCUT2D eigenvalue weighted by atomic mass is 10.1. The van der Waals surface area contributed by atoms with Crippen LogP contribution in [-0.4, -0.2) is 36.6 Å². The lowest BCUT2D eigenvalue weighted by Crippen LogP contribution is -2.15. The fourth-order valence-electron chi connectivity index (χ4n) is 2.71. The summed E-state index contributed by atoms with van der Waals surface area (Å²) in [6.07, 6.45) is 6.67. The molecule has 1 fully saturated rings. The maximum atomic E-state index is 11.9. The Hall–Kier alpha value is -1.74. The minimum Gasteiger partial charge on any atom is -0.302 e. The van der Waals surface area contributed by atoms with Crippen LogP contribution in [0.15, 0.2) is 23.3 Å². The van der Waals surface area contributed by atoms with Crippen molar-refractivity contribution in [2.75, 3.05) is 11.1 Å². The van der Waals surface area contributed by atoms with Gasteiger partial charge < -0.3 is 4.57 Å². The third kappa shape index (κ3) is 3.97. The highest BCUT2D eigenvalue weighted by atomic mass is 32.2. The maximum absolute atomic E-state index is 11.9. The quantitative estimate of drug-likeness (QED) is 0.610. The molecule has 0 aliphatic heterocycles. The van der Waals surface area contributed by atoms with E-state index in [4.69, 9.17) is 0 Å². The number of thioether (sulfide) groups is 1. The van der Waals surface area contributed by atoms with Crippen molar-refractivity contribution in [3.8, 4) is 0 Å². The van der Waals surface area contributed by atoms with Gasteiger partial charge in [0, 0.05) is 12.5 Å². The number of allylic oxidation sites excluding steroid dienone is 1. The lowest BCUT2D eigenvalue weighted by Gasteiger charge is -2.11. The monoisotopic (exact) mass is 350 g/mol. The number of rotatable bonds is 7. The molecule has 1 aliphatic rings. The maximum Gasteiger partial charge on any atom is 0.236 e. The van der Waals surface area contributed by atoms with Crippen LogP contribution in [0.2, 0.25) is 0 Å². The number of amides is 1. The first-order valence-electron chi connectivity index (χ1n) is 7.50. The summed E-state index contributed by atoms with van der Waals surface area (Å²) in [4.78, 5) is 11.9. The summed E-state index contributed by atoms with van der Waals surface area (Å²) < 4.78 is 2.08. The highest BCUT2D eigenvalue weighted by Gasteiger charge is 2.24. The van der Waals surface area contributed by atoms with Gasteiger partial charge in [0.05, 0.1) is 5.75 Å². The number of anilines is 1. The molecule has 2 aromatic heterocycles. The highest BCUT2D eigenvalue weighted by Crippen LogP contribution is 2.34. The van der Waals surface area contributed by atoms with E-state index in [1.807, 2.05) is 6.08 Å². The van der Waals surface area contributed by atoms with Crippen molar-refractivity contribution in [3.63, 3.8) is 0 Å². The van der Waals surface area contributed by atoms with E-state index in [1.165, 1.54) is 35.9 Å². The summed E-state index contributed by atoms with van der Waals surface area (Å²) in [5.74, 6) is 1.64. The van der Waals surface area contributed by atoms with Crippen molar-refractivity contribution >= 4 is 34.1 Å². The first-order valence-corrected chi connectivity index (χ1v) is 9.37. The second-order valence-electron chi connectivity index (χ2n) is 5.30. The van der Waals surface area contributed by atoms with E-state index < -0.39 is 0 Å². The molecular formula is C14H18N6OS2. The Balaban J connectivity index is 1.64. The molecular weight excluding hydrogens is 332 g/mol. The van der Waals surface area contributed by atoms with Gasteiger partial charge in [0.2, 0.25) is 11.0 Å². The van der Waals surface area contributed by atoms with Gasteiger partial charge in [-0.15, -0.1) is 27.0 Å². The molecule has 1 saturated carbocycles. The van der Waals surface area contributed by atoms with Crippen molar-refractivity contribution in [1.82, 2.24) is 25.0 Å². The average molecular weight is 350 g/mol. The van der Waals surface area contributed by atoms with Crippen molar-refractivity contribution in [2.45, 2.75) is 43.3 Å². The molecule has 1 N–H and O–H groups in total. The topological polar surface area (TPSA) is 85.6 Å². The molecule has 2 aromatic rings. The molecule has 3 rings (SSSR count). The lowest BCUT2D eigenvalue weighted by molar-refractivity contribution is -0.113. The van der Waals surface area contributed by atoms with Crippen molar-refractivity contribution in [1.29, 1.82) is 0 Å². The summed E-state index contributed by atoms with van der Waals surface area (Å²) in [6, 6.07) is 0. The predicted octanol–water partition coefficient (Wildman–Crippen LogP) is 2.70. The van der Waals surface area contributed by atoms with Gasteiger partial charge in [0.1, 0.15) is 11.3 Å². The van der Waals surface area contributed by atoms with Crippen LogP contribution in [0.3, 0.4) is 0 Å². The number of hydrogen-bond donors (Lipinski definition) is 1. The molecule has 7 nitrogen and oxygen atoms in total. The fourth-order valence-corrected chi connectivity index (χ4v) is 3.92. The second kappa shape index (κ2) is 7.69. The predicted molar refractivity (Wildman–Crippen MR) is 90.7 cm³/mol. The van der Waals surface area contributed by atoms with Crippen molar-refractivity contribution < 1.29 is 4.79 Å². The average Bonchev–Trinajstić information content (AvgIpc) is 3.27. The molecule has 1 amide bonds. The molecule has 23 heavy (non-hydrogen) atoms. The molecule has 1 aliphatic carbocycles. The molecule has 0 aromatic carbocycles. The second-order valence-corrected chi connectivity index (χ2v) is 7.08. The van der Waals surface area contributed by atoms with Crippen LogP contribution in [0.5, 0.6) is 0 Å². The summed E-state index contributed by atoms with van der Waals surface area (Å²) in [5, 5.41) is 20.1. The summed E-state index contributed by atoms with van der Waals surface area (Å²) >= 11 is 2.68. The minimum absolute atomic E-state index is 0.123. The highest BCUT2D eigenvalue weighted by molar-refractivity contribution is 7.99. The number of aromatic nitrogens is 5. The van der Waals surface area contributed by atoms with Gasteiger partial charge >= 0.3 is 0 Å². The third-order valence-electron chi connectivity index (χ3n) is 3.72. The largest absolute Gasteiger partial charge is 0.302 e. The van der Waals surface area contributed by atoms with E-state index in [9.17, 15) is 4.79 Å². The molecule has 122 valence electrons. The van der Waals surface area contributed by atoms with E-state index in [0.29, 0.717) is 17.6 Å². The number of carbonyl (C=O) groups is 1. The van der Waals surface area contributed by atoms with Gasteiger partial charge in [-0.1, -0.05) is 42.0 Å². The zero-order valence-corrected chi connectivity index (χ0v) is 14.3. The molecule has 0 spiro atoms.